The molecular weight excluding hydrogens is 219 g/mol. The van der Waals surface area contributed by atoms with Gasteiger partial charge in [-0.3, -0.25) is 4.79 Å². The van der Waals surface area contributed by atoms with Crippen LogP contribution in [0.3, 0.4) is 0 Å². The lowest BCUT2D eigenvalue weighted by atomic mass is 10.1. The smallest absolute Gasteiger partial charge is 0.163 e. The van der Waals surface area contributed by atoms with Gasteiger partial charge in [0.25, 0.3) is 0 Å². The molecule has 0 unspecified atom stereocenters. The third-order valence-electron chi connectivity index (χ3n) is 2.50. The Labute approximate surface area is 102 Å². The van der Waals surface area contributed by atoms with Gasteiger partial charge in [-0.2, -0.15) is 0 Å². The Morgan fingerprint density at radius 2 is 2.12 bits per heavy atom. The maximum atomic E-state index is 13.0. The topological polar surface area (TPSA) is 26.3 Å². The van der Waals surface area contributed by atoms with E-state index in [2.05, 4.69) is 13.8 Å². The molecular formula is C14H19FO2. The zero-order valence-corrected chi connectivity index (χ0v) is 10.6. The van der Waals surface area contributed by atoms with Gasteiger partial charge in [0.05, 0.1) is 12.2 Å². The Kier molecular flexibility index (Phi) is 5.13. The number of rotatable bonds is 6. The van der Waals surface area contributed by atoms with Crippen LogP contribution in [0.2, 0.25) is 0 Å². The molecule has 0 bridgehead atoms. The molecule has 1 rings (SSSR count). The molecule has 0 saturated heterocycles. The van der Waals surface area contributed by atoms with Crippen LogP contribution in [0.1, 0.15) is 44.0 Å². The fraction of sp³-hybridized carbons (Fsp3) is 0.500. The van der Waals surface area contributed by atoms with Gasteiger partial charge >= 0.3 is 0 Å². The summed E-state index contributed by atoms with van der Waals surface area (Å²) in [6.07, 6.45) is 2.02. The van der Waals surface area contributed by atoms with Crippen molar-refractivity contribution in [3.05, 3.63) is 29.6 Å². The summed E-state index contributed by atoms with van der Waals surface area (Å²) in [4.78, 5) is 11.3. The van der Waals surface area contributed by atoms with Crippen LogP contribution < -0.4 is 4.74 Å². The van der Waals surface area contributed by atoms with Gasteiger partial charge in [-0.1, -0.05) is 13.8 Å². The molecule has 0 radical (unpaired) electrons. The van der Waals surface area contributed by atoms with E-state index in [1.165, 1.54) is 25.1 Å². The molecule has 0 aliphatic rings. The maximum absolute atomic E-state index is 13.0. The van der Waals surface area contributed by atoms with Gasteiger partial charge in [-0.05, 0) is 43.9 Å². The van der Waals surface area contributed by atoms with Gasteiger partial charge < -0.3 is 4.74 Å². The average Bonchev–Trinajstić information content (AvgIpc) is 2.25. The third kappa shape index (κ3) is 4.55. The van der Waals surface area contributed by atoms with Crippen molar-refractivity contribution in [3.63, 3.8) is 0 Å². The van der Waals surface area contributed by atoms with Crippen molar-refractivity contribution in [2.45, 2.75) is 33.6 Å². The van der Waals surface area contributed by atoms with Crippen molar-refractivity contribution >= 4 is 5.78 Å². The minimum absolute atomic E-state index is 0.177. The standard InChI is InChI=1S/C14H19FO2/c1-10(2)5-4-8-17-14-7-6-12(15)9-13(14)11(3)16/h6-7,9-10H,4-5,8H2,1-3H3. The van der Waals surface area contributed by atoms with E-state index >= 15 is 0 Å². The van der Waals surface area contributed by atoms with Crippen LogP contribution in [-0.2, 0) is 0 Å². The lowest BCUT2D eigenvalue weighted by Crippen LogP contribution is -2.04. The molecule has 1 aromatic carbocycles. The number of benzene rings is 1. The van der Waals surface area contributed by atoms with Crippen molar-refractivity contribution in [3.8, 4) is 5.75 Å². The maximum Gasteiger partial charge on any atom is 0.163 e. The predicted molar refractivity (Wildman–Crippen MR) is 66.0 cm³/mol. The molecule has 0 saturated carbocycles. The molecule has 1 aromatic rings. The van der Waals surface area contributed by atoms with Crippen LogP contribution in [0.15, 0.2) is 18.2 Å². The number of hydrogen-bond acceptors (Lipinski definition) is 2. The second-order valence-electron chi connectivity index (χ2n) is 4.58. The molecule has 0 atom stereocenters. The molecule has 0 amide bonds. The summed E-state index contributed by atoms with van der Waals surface area (Å²) in [5.41, 5.74) is 0.314. The third-order valence-corrected chi connectivity index (χ3v) is 2.50. The highest BCUT2D eigenvalue weighted by Gasteiger charge is 2.09. The van der Waals surface area contributed by atoms with E-state index < -0.39 is 5.82 Å². The summed E-state index contributed by atoms with van der Waals surface area (Å²) >= 11 is 0. The van der Waals surface area contributed by atoms with E-state index in [1.807, 2.05) is 0 Å². The summed E-state index contributed by atoms with van der Waals surface area (Å²) in [7, 11) is 0. The second kappa shape index (κ2) is 6.38. The number of ketones is 1. The molecule has 0 N–H and O–H groups in total. The summed E-state index contributed by atoms with van der Waals surface area (Å²) < 4.78 is 18.5. The van der Waals surface area contributed by atoms with Gasteiger partial charge in [-0.25, -0.2) is 4.39 Å². The Hall–Kier alpha value is -1.38. The minimum atomic E-state index is -0.412. The van der Waals surface area contributed by atoms with Crippen LogP contribution >= 0.6 is 0 Å². The first-order chi connectivity index (χ1) is 8.00. The molecule has 0 aliphatic carbocycles. The Morgan fingerprint density at radius 1 is 1.41 bits per heavy atom. The van der Waals surface area contributed by atoms with Crippen LogP contribution in [0.5, 0.6) is 5.75 Å². The van der Waals surface area contributed by atoms with Crippen molar-refractivity contribution in [1.29, 1.82) is 0 Å². The Morgan fingerprint density at radius 3 is 2.71 bits per heavy atom. The summed E-state index contributed by atoms with van der Waals surface area (Å²) in [5, 5.41) is 0. The highest BCUT2D eigenvalue weighted by Crippen LogP contribution is 2.20. The number of carbonyl (C=O) groups excluding carboxylic acids is 1. The molecule has 0 aliphatic heterocycles. The number of halogens is 1. The molecule has 17 heavy (non-hydrogen) atoms. The number of Topliss-reactive ketones (excluding diaryl/α,β-unsaturated/α-hetero) is 1. The lowest BCUT2D eigenvalue weighted by molar-refractivity contribution is 0.101. The van der Waals surface area contributed by atoms with Gasteiger partial charge in [0.2, 0.25) is 0 Å². The first-order valence-electron chi connectivity index (χ1n) is 5.94. The SMILES string of the molecule is CC(=O)c1cc(F)ccc1OCCCC(C)C. The Bertz CT molecular complexity index is 386. The second-order valence-corrected chi connectivity index (χ2v) is 4.58. The first kappa shape index (κ1) is 13.7. The highest BCUT2D eigenvalue weighted by molar-refractivity contribution is 5.96. The fourth-order valence-electron chi connectivity index (χ4n) is 1.58. The zero-order chi connectivity index (χ0) is 12.8. The van der Waals surface area contributed by atoms with E-state index in [0.717, 1.165) is 12.8 Å². The van der Waals surface area contributed by atoms with Gasteiger partial charge in [-0.15, -0.1) is 0 Å². The van der Waals surface area contributed by atoms with Gasteiger partial charge in [0.1, 0.15) is 11.6 Å². The zero-order valence-electron chi connectivity index (χ0n) is 10.6. The van der Waals surface area contributed by atoms with Crippen molar-refractivity contribution < 1.29 is 13.9 Å². The summed E-state index contributed by atoms with van der Waals surface area (Å²) in [5.74, 6) is 0.523. The van der Waals surface area contributed by atoms with Gasteiger partial charge in [0.15, 0.2) is 5.78 Å². The van der Waals surface area contributed by atoms with Crippen LogP contribution in [0.25, 0.3) is 0 Å². The fourth-order valence-corrected chi connectivity index (χ4v) is 1.58. The van der Waals surface area contributed by atoms with Gasteiger partial charge in [0, 0.05) is 0 Å². The monoisotopic (exact) mass is 238 g/mol. The van der Waals surface area contributed by atoms with E-state index in [9.17, 15) is 9.18 Å². The van der Waals surface area contributed by atoms with E-state index in [0.29, 0.717) is 23.8 Å². The molecule has 0 heterocycles. The molecule has 0 fully saturated rings. The summed E-state index contributed by atoms with van der Waals surface area (Å²) in [6.45, 7) is 6.28. The van der Waals surface area contributed by atoms with Crippen LogP contribution in [0.4, 0.5) is 4.39 Å². The van der Waals surface area contributed by atoms with Crippen molar-refractivity contribution in [1.82, 2.24) is 0 Å². The lowest BCUT2D eigenvalue weighted by Gasteiger charge is -2.10. The molecule has 94 valence electrons. The quantitative estimate of drug-likeness (QED) is 0.556. The molecule has 0 aromatic heterocycles. The van der Waals surface area contributed by atoms with Crippen molar-refractivity contribution in [2.24, 2.45) is 5.92 Å². The predicted octanol–water partition coefficient (Wildman–Crippen LogP) is 3.84. The molecule has 3 heteroatoms. The molecule has 0 spiro atoms. The summed E-state index contributed by atoms with van der Waals surface area (Å²) in [6, 6.07) is 4.05. The number of carbonyl (C=O) groups is 1. The first-order valence-corrected chi connectivity index (χ1v) is 5.94. The van der Waals surface area contributed by atoms with E-state index in [4.69, 9.17) is 4.74 Å². The Balaban J connectivity index is 2.61. The largest absolute Gasteiger partial charge is 0.493 e. The van der Waals surface area contributed by atoms with E-state index in [-0.39, 0.29) is 5.78 Å². The van der Waals surface area contributed by atoms with E-state index in [1.54, 1.807) is 0 Å². The number of ether oxygens (including phenoxy) is 1. The van der Waals surface area contributed by atoms with Crippen LogP contribution in [-0.4, -0.2) is 12.4 Å². The molecule has 2 nitrogen and oxygen atoms in total. The van der Waals surface area contributed by atoms with Crippen LogP contribution in [0, 0.1) is 11.7 Å². The highest BCUT2D eigenvalue weighted by atomic mass is 19.1. The average molecular weight is 238 g/mol. The normalized spacial score (nSPS) is 10.6. The van der Waals surface area contributed by atoms with Crippen molar-refractivity contribution in [2.75, 3.05) is 6.61 Å². The minimum Gasteiger partial charge on any atom is -0.493 e. The number of hydrogen-bond donors (Lipinski definition) is 0.